The lowest BCUT2D eigenvalue weighted by Crippen LogP contribution is -2.47. The molecule has 34 heavy (non-hydrogen) atoms. The summed E-state index contributed by atoms with van der Waals surface area (Å²) >= 11 is 0. The van der Waals surface area contributed by atoms with Crippen molar-refractivity contribution in [1.82, 2.24) is 15.2 Å². The molecular weight excluding hydrogens is 436 g/mol. The normalized spacial score (nSPS) is 16.6. The van der Waals surface area contributed by atoms with E-state index >= 15 is 0 Å². The molecule has 2 aromatic heterocycles. The molecule has 2 N–H and O–H groups in total. The molecule has 3 heterocycles. The smallest absolute Gasteiger partial charge is 0.242 e. The molecular formula is C25H32N4O5. The van der Waals surface area contributed by atoms with Crippen molar-refractivity contribution in [2.75, 3.05) is 65.8 Å². The first-order valence-corrected chi connectivity index (χ1v) is 11.7. The Balaban J connectivity index is 1.61. The largest absolute Gasteiger partial charge is 0.383 e. The van der Waals surface area contributed by atoms with Crippen LogP contribution in [0.15, 0.2) is 18.3 Å². The fourth-order valence-corrected chi connectivity index (χ4v) is 5.46. The van der Waals surface area contributed by atoms with Crippen LogP contribution in [0.4, 0.5) is 5.69 Å². The Morgan fingerprint density at radius 2 is 1.85 bits per heavy atom. The van der Waals surface area contributed by atoms with Crippen molar-refractivity contribution in [3.05, 3.63) is 35.0 Å². The third kappa shape index (κ3) is 3.63. The maximum Gasteiger partial charge on any atom is 0.242 e. The molecule has 3 aromatic rings. The number of aromatic nitrogens is 3. The highest BCUT2D eigenvalue weighted by atomic mass is 16.5. The standard InChI is InChI=1S/C25H32N4O5/c1-31-9-10-34-8-7-29-21-11-18-17-6-4-5-16-13-26-28-22(16)23(17)27-20(18)12-19(21)25(14-32-2,15-33-3)24(29)30/h11-13,27H,4-10,14-15H2,1-3H3,(H,26,28). The Labute approximate surface area is 198 Å². The number of hydrogen-bond acceptors (Lipinski definition) is 6. The molecule has 5 rings (SSSR count). The van der Waals surface area contributed by atoms with E-state index in [1.807, 2.05) is 11.1 Å². The maximum absolute atomic E-state index is 13.8. The van der Waals surface area contributed by atoms with Gasteiger partial charge in [0.2, 0.25) is 5.91 Å². The highest BCUT2D eigenvalue weighted by Gasteiger charge is 2.51. The minimum atomic E-state index is -0.902. The summed E-state index contributed by atoms with van der Waals surface area (Å²) in [5.74, 6) is -0.0175. The van der Waals surface area contributed by atoms with Crippen LogP contribution in [-0.4, -0.2) is 82.0 Å². The van der Waals surface area contributed by atoms with E-state index in [-0.39, 0.29) is 19.1 Å². The van der Waals surface area contributed by atoms with Gasteiger partial charge < -0.3 is 28.8 Å². The summed E-state index contributed by atoms with van der Waals surface area (Å²) in [7, 11) is 4.89. The Kier molecular flexibility index (Phi) is 6.44. The second kappa shape index (κ2) is 9.50. The highest BCUT2D eigenvalue weighted by molar-refractivity contribution is 6.11. The van der Waals surface area contributed by atoms with Gasteiger partial charge in [0.25, 0.3) is 0 Å². The van der Waals surface area contributed by atoms with Gasteiger partial charge in [-0.1, -0.05) is 0 Å². The average molecular weight is 469 g/mol. The summed E-state index contributed by atoms with van der Waals surface area (Å²) in [6.07, 6.45) is 4.93. The van der Waals surface area contributed by atoms with Crippen molar-refractivity contribution in [1.29, 1.82) is 0 Å². The third-order valence-electron chi connectivity index (χ3n) is 7.00. The number of aromatic amines is 2. The van der Waals surface area contributed by atoms with E-state index in [0.29, 0.717) is 26.4 Å². The van der Waals surface area contributed by atoms with Crippen LogP contribution in [0.2, 0.25) is 0 Å². The Hall–Kier alpha value is -2.72. The Morgan fingerprint density at radius 1 is 1.03 bits per heavy atom. The van der Waals surface area contributed by atoms with E-state index in [4.69, 9.17) is 18.9 Å². The minimum absolute atomic E-state index is 0.0175. The van der Waals surface area contributed by atoms with Gasteiger partial charge in [-0.3, -0.25) is 9.89 Å². The zero-order valence-electron chi connectivity index (χ0n) is 20.0. The first kappa shape index (κ1) is 23.0. The van der Waals surface area contributed by atoms with E-state index in [2.05, 4.69) is 27.3 Å². The van der Waals surface area contributed by atoms with Gasteiger partial charge in [0, 0.05) is 44.5 Å². The molecule has 9 heteroatoms. The number of H-pyrrole nitrogens is 2. The number of hydrogen-bond donors (Lipinski definition) is 2. The van der Waals surface area contributed by atoms with E-state index in [0.717, 1.165) is 52.8 Å². The summed E-state index contributed by atoms with van der Waals surface area (Å²) in [5.41, 5.74) is 6.58. The molecule has 0 bridgehead atoms. The monoisotopic (exact) mass is 468 g/mol. The number of carbonyl (C=O) groups excluding carboxylic acids is 1. The van der Waals surface area contributed by atoms with Gasteiger partial charge >= 0.3 is 0 Å². The number of methoxy groups -OCH3 is 3. The van der Waals surface area contributed by atoms with Crippen LogP contribution < -0.4 is 4.90 Å². The van der Waals surface area contributed by atoms with Crippen LogP contribution in [0.5, 0.6) is 0 Å². The zero-order valence-corrected chi connectivity index (χ0v) is 20.0. The number of aryl methyl sites for hydroxylation is 2. The fourth-order valence-electron chi connectivity index (χ4n) is 5.46. The molecule has 9 nitrogen and oxygen atoms in total. The van der Waals surface area contributed by atoms with E-state index in [1.165, 1.54) is 11.1 Å². The first-order valence-electron chi connectivity index (χ1n) is 11.7. The molecule has 182 valence electrons. The lowest BCUT2D eigenvalue weighted by molar-refractivity contribution is -0.127. The quantitative estimate of drug-likeness (QED) is 0.444. The molecule has 1 aliphatic heterocycles. The van der Waals surface area contributed by atoms with Gasteiger partial charge in [-0.05, 0) is 48.1 Å². The number of benzene rings is 1. The molecule has 2 aliphatic rings. The molecule has 0 saturated heterocycles. The fraction of sp³-hybridized carbons (Fsp3) is 0.520. The molecule has 0 atom stereocenters. The van der Waals surface area contributed by atoms with Crippen molar-refractivity contribution in [3.63, 3.8) is 0 Å². The predicted octanol–water partition coefficient (Wildman–Crippen LogP) is 2.59. The van der Waals surface area contributed by atoms with Gasteiger partial charge in [0.15, 0.2) is 0 Å². The van der Waals surface area contributed by atoms with Crippen LogP contribution in [0.1, 0.15) is 23.1 Å². The summed E-state index contributed by atoms with van der Waals surface area (Å²) in [6.45, 7) is 2.37. The summed E-state index contributed by atoms with van der Waals surface area (Å²) in [6, 6.07) is 4.26. The first-order chi connectivity index (χ1) is 16.6. The van der Waals surface area contributed by atoms with Gasteiger partial charge in [-0.15, -0.1) is 0 Å². The van der Waals surface area contributed by atoms with Gasteiger partial charge in [0.1, 0.15) is 5.41 Å². The minimum Gasteiger partial charge on any atom is -0.383 e. The second-order valence-electron chi connectivity index (χ2n) is 9.03. The van der Waals surface area contributed by atoms with E-state index in [1.54, 1.807) is 21.3 Å². The zero-order chi connectivity index (χ0) is 23.7. The third-order valence-corrected chi connectivity index (χ3v) is 7.00. The van der Waals surface area contributed by atoms with E-state index in [9.17, 15) is 4.79 Å². The van der Waals surface area contributed by atoms with Crippen molar-refractivity contribution >= 4 is 22.5 Å². The van der Waals surface area contributed by atoms with Crippen LogP contribution >= 0.6 is 0 Å². The Morgan fingerprint density at radius 3 is 2.62 bits per heavy atom. The molecule has 0 fully saturated rings. The number of nitrogens with one attached hydrogen (secondary N) is 2. The lowest BCUT2D eigenvalue weighted by atomic mass is 9.82. The molecule has 1 aromatic carbocycles. The number of ether oxygens (including phenoxy) is 4. The Bertz CT molecular complexity index is 1180. The number of amides is 1. The molecule has 0 radical (unpaired) electrons. The van der Waals surface area contributed by atoms with Crippen molar-refractivity contribution in [3.8, 4) is 11.4 Å². The van der Waals surface area contributed by atoms with Crippen LogP contribution in [0, 0.1) is 0 Å². The molecule has 0 spiro atoms. The average Bonchev–Trinajstić information content (AvgIpc) is 3.46. The number of anilines is 1. The van der Waals surface area contributed by atoms with Crippen molar-refractivity contribution in [2.24, 2.45) is 0 Å². The van der Waals surface area contributed by atoms with Crippen LogP contribution in [-0.2, 0) is 42.0 Å². The van der Waals surface area contributed by atoms with Crippen LogP contribution in [0.25, 0.3) is 22.3 Å². The van der Waals surface area contributed by atoms with E-state index < -0.39 is 5.41 Å². The SMILES string of the molecule is COCCOCCN1C(=O)C(COC)(COC)c2cc3[nH]c4c(c3cc21)CCCc1cn[nH]c1-4. The summed E-state index contributed by atoms with van der Waals surface area (Å²) in [4.78, 5) is 19.3. The van der Waals surface area contributed by atoms with Gasteiger partial charge in [-0.2, -0.15) is 5.10 Å². The van der Waals surface area contributed by atoms with Gasteiger partial charge in [0.05, 0.1) is 50.6 Å². The lowest BCUT2D eigenvalue weighted by Gasteiger charge is -2.27. The molecule has 0 saturated carbocycles. The number of rotatable bonds is 10. The van der Waals surface area contributed by atoms with Gasteiger partial charge in [-0.25, -0.2) is 0 Å². The predicted molar refractivity (Wildman–Crippen MR) is 128 cm³/mol. The number of carbonyl (C=O) groups is 1. The summed E-state index contributed by atoms with van der Waals surface area (Å²) < 4.78 is 21.9. The molecule has 0 unspecified atom stereocenters. The highest BCUT2D eigenvalue weighted by Crippen LogP contribution is 2.46. The van der Waals surface area contributed by atoms with Crippen LogP contribution in [0.3, 0.4) is 0 Å². The maximum atomic E-state index is 13.8. The molecule has 1 amide bonds. The number of fused-ring (bicyclic) bond motifs is 6. The summed E-state index contributed by atoms with van der Waals surface area (Å²) in [5, 5.41) is 8.59. The second-order valence-corrected chi connectivity index (χ2v) is 9.03. The van der Waals surface area contributed by atoms with Crippen molar-refractivity contribution in [2.45, 2.75) is 24.7 Å². The van der Waals surface area contributed by atoms with Crippen molar-refractivity contribution < 1.29 is 23.7 Å². The molecule has 1 aliphatic carbocycles. The topological polar surface area (TPSA) is 102 Å². The number of nitrogens with zero attached hydrogens (tertiary/aromatic N) is 2.